The highest BCUT2D eigenvalue weighted by molar-refractivity contribution is 7.90. The topological polar surface area (TPSA) is 46.5 Å². The summed E-state index contributed by atoms with van der Waals surface area (Å²) >= 11 is 0. The van der Waals surface area contributed by atoms with E-state index in [2.05, 4.69) is 11.3 Å². The predicted molar refractivity (Wildman–Crippen MR) is 70.9 cm³/mol. The van der Waals surface area contributed by atoms with Crippen LogP contribution in [0.2, 0.25) is 0 Å². The zero-order valence-corrected chi connectivity index (χ0v) is 11.0. The molecule has 0 aromatic heterocycles. The van der Waals surface area contributed by atoms with E-state index in [-0.39, 0.29) is 4.90 Å². The molecule has 94 valence electrons. The second-order valence-corrected chi connectivity index (χ2v) is 5.56. The largest absolute Gasteiger partial charge is 0.281 e. The molecule has 0 unspecified atom stereocenters. The molecule has 1 rings (SSSR count). The maximum Gasteiger partial charge on any atom is 0.281 e. The fraction of sp³-hybridized carbons (Fsp3) is 0.462. The van der Waals surface area contributed by atoms with E-state index < -0.39 is 10.0 Å². The predicted octanol–water partition coefficient (Wildman–Crippen LogP) is 3.42. The van der Waals surface area contributed by atoms with Crippen molar-refractivity contribution in [3.05, 3.63) is 30.3 Å². The fourth-order valence-electron chi connectivity index (χ4n) is 1.47. The highest BCUT2D eigenvalue weighted by Crippen LogP contribution is 2.11. The number of benzene rings is 1. The van der Waals surface area contributed by atoms with Crippen LogP contribution in [-0.2, 0) is 10.0 Å². The molecular weight excluding hydrogens is 234 g/mol. The van der Waals surface area contributed by atoms with Gasteiger partial charge in [-0.05, 0) is 25.0 Å². The first-order valence-electron chi connectivity index (χ1n) is 6.00. The minimum Gasteiger partial charge on any atom is -0.199 e. The second kappa shape index (κ2) is 7.22. The molecule has 3 nitrogen and oxygen atoms in total. The van der Waals surface area contributed by atoms with Gasteiger partial charge in [-0.25, -0.2) is 0 Å². The first-order valence-corrected chi connectivity index (χ1v) is 7.44. The third-order valence-electron chi connectivity index (χ3n) is 2.44. The lowest BCUT2D eigenvalue weighted by molar-refractivity contribution is 0.598. The van der Waals surface area contributed by atoms with Crippen LogP contribution in [0.5, 0.6) is 0 Å². The Bertz CT molecular complexity index is 438. The van der Waals surface area contributed by atoms with Crippen molar-refractivity contribution in [2.45, 2.75) is 43.9 Å². The minimum atomic E-state index is -3.48. The summed E-state index contributed by atoms with van der Waals surface area (Å²) in [5, 5.41) is 0. The maximum atomic E-state index is 11.7. The molecule has 0 atom stereocenters. The van der Waals surface area contributed by atoms with E-state index in [0.29, 0.717) is 0 Å². The summed E-state index contributed by atoms with van der Waals surface area (Å²) < 4.78 is 27.1. The van der Waals surface area contributed by atoms with E-state index in [4.69, 9.17) is 0 Å². The SMILES string of the molecule is CCCCCC/C=N/S(=O)(=O)c1ccccc1. The van der Waals surface area contributed by atoms with E-state index in [1.165, 1.54) is 19.1 Å². The molecule has 0 heterocycles. The van der Waals surface area contributed by atoms with Crippen molar-refractivity contribution in [2.24, 2.45) is 4.40 Å². The van der Waals surface area contributed by atoms with Gasteiger partial charge in [-0.3, -0.25) is 0 Å². The third kappa shape index (κ3) is 5.13. The van der Waals surface area contributed by atoms with Crippen molar-refractivity contribution in [3.63, 3.8) is 0 Å². The highest BCUT2D eigenvalue weighted by Gasteiger charge is 2.09. The number of hydrogen-bond donors (Lipinski definition) is 0. The van der Waals surface area contributed by atoms with Gasteiger partial charge in [0.1, 0.15) is 0 Å². The third-order valence-corrected chi connectivity index (χ3v) is 3.74. The number of rotatable bonds is 7. The molecule has 0 amide bonds. The summed E-state index contributed by atoms with van der Waals surface area (Å²) in [5.74, 6) is 0. The van der Waals surface area contributed by atoms with Gasteiger partial charge in [0.05, 0.1) is 4.90 Å². The molecule has 0 aliphatic carbocycles. The summed E-state index contributed by atoms with van der Waals surface area (Å²) in [4.78, 5) is 0.254. The molecular formula is C13H19NO2S. The molecule has 0 spiro atoms. The van der Waals surface area contributed by atoms with Crippen LogP contribution in [0.25, 0.3) is 0 Å². The molecule has 0 bridgehead atoms. The van der Waals surface area contributed by atoms with Gasteiger partial charge in [0.15, 0.2) is 0 Å². The Balaban J connectivity index is 2.48. The van der Waals surface area contributed by atoms with Crippen LogP contribution in [0.15, 0.2) is 39.6 Å². The summed E-state index contributed by atoms with van der Waals surface area (Å²) in [6, 6.07) is 8.30. The monoisotopic (exact) mass is 253 g/mol. The smallest absolute Gasteiger partial charge is 0.199 e. The van der Waals surface area contributed by atoms with Crippen molar-refractivity contribution < 1.29 is 8.42 Å². The molecule has 0 aliphatic rings. The van der Waals surface area contributed by atoms with Gasteiger partial charge in [-0.1, -0.05) is 44.4 Å². The van der Waals surface area contributed by atoms with Crippen LogP contribution in [0.4, 0.5) is 0 Å². The first-order chi connectivity index (χ1) is 8.17. The Labute approximate surface area is 104 Å². The molecule has 0 fully saturated rings. The van der Waals surface area contributed by atoms with Crippen molar-refractivity contribution in [1.82, 2.24) is 0 Å². The number of hydrogen-bond acceptors (Lipinski definition) is 2. The Kier molecular flexibility index (Phi) is 5.91. The van der Waals surface area contributed by atoms with Crippen LogP contribution in [0.3, 0.4) is 0 Å². The van der Waals surface area contributed by atoms with Crippen LogP contribution < -0.4 is 0 Å². The van der Waals surface area contributed by atoms with E-state index in [9.17, 15) is 8.42 Å². The molecule has 0 saturated carbocycles. The standard InChI is InChI=1S/C13H19NO2S/c1-2-3-4-5-9-12-14-17(15,16)13-10-7-6-8-11-13/h6-8,10-12H,2-5,9H2,1H3/b14-12+. The molecule has 0 N–H and O–H groups in total. The summed E-state index contributed by atoms with van der Waals surface area (Å²) in [5.41, 5.74) is 0. The van der Waals surface area contributed by atoms with Gasteiger partial charge in [0, 0.05) is 6.21 Å². The fourth-order valence-corrected chi connectivity index (χ4v) is 2.39. The van der Waals surface area contributed by atoms with Gasteiger partial charge in [0.2, 0.25) is 0 Å². The molecule has 0 aliphatic heterocycles. The Morgan fingerprint density at radius 1 is 1.12 bits per heavy atom. The van der Waals surface area contributed by atoms with Gasteiger partial charge >= 0.3 is 0 Å². The zero-order valence-electron chi connectivity index (χ0n) is 10.2. The molecule has 1 aromatic carbocycles. The Morgan fingerprint density at radius 3 is 2.47 bits per heavy atom. The van der Waals surface area contributed by atoms with Crippen LogP contribution >= 0.6 is 0 Å². The summed E-state index contributed by atoms with van der Waals surface area (Å²) in [6.07, 6.45) is 6.75. The highest BCUT2D eigenvalue weighted by atomic mass is 32.2. The van der Waals surface area contributed by atoms with E-state index >= 15 is 0 Å². The van der Waals surface area contributed by atoms with Gasteiger partial charge in [-0.15, -0.1) is 0 Å². The molecule has 17 heavy (non-hydrogen) atoms. The van der Waals surface area contributed by atoms with Crippen molar-refractivity contribution in [3.8, 4) is 0 Å². The van der Waals surface area contributed by atoms with Crippen LogP contribution in [-0.4, -0.2) is 14.6 Å². The summed E-state index contributed by atoms with van der Waals surface area (Å²) in [6.45, 7) is 2.15. The number of unbranched alkanes of at least 4 members (excludes halogenated alkanes) is 4. The number of nitrogens with zero attached hydrogens (tertiary/aromatic N) is 1. The summed E-state index contributed by atoms with van der Waals surface area (Å²) in [7, 11) is -3.48. The average molecular weight is 253 g/mol. The lowest BCUT2D eigenvalue weighted by atomic mass is 10.2. The lowest BCUT2D eigenvalue weighted by Crippen LogP contribution is -1.96. The van der Waals surface area contributed by atoms with Crippen molar-refractivity contribution in [2.75, 3.05) is 0 Å². The molecule has 4 heteroatoms. The molecule has 0 saturated heterocycles. The zero-order chi connectivity index (χ0) is 12.6. The molecule has 1 aromatic rings. The molecule has 0 radical (unpaired) electrons. The number of sulfonamides is 1. The second-order valence-electron chi connectivity index (χ2n) is 3.93. The van der Waals surface area contributed by atoms with E-state index in [1.807, 2.05) is 0 Å². The van der Waals surface area contributed by atoms with Gasteiger partial charge < -0.3 is 0 Å². The van der Waals surface area contributed by atoms with Crippen LogP contribution in [0, 0.1) is 0 Å². The van der Waals surface area contributed by atoms with Gasteiger partial charge in [0.25, 0.3) is 10.0 Å². The lowest BCUT2D eigenvalue weighted by Gasteiger charge is -1.97. The minimum absolute atomic E-state index is 0.254. The Morgan fingerprint density at radius 2 is 1.82 bits per heavy atom. The maximum absolute atomic E-state index is 11.7. The van der Waals surface area contributed by atoms with Crippen molar-refractivity contribution >= 4 is 16.2 Å². The quantitative estimate of drug-likeness (QED) is 0.552. The first kappa shape index (κ1) is 13.9. The normalized spacial score (nSPS) is 12.1. The average Bonchev–Trinajstić information content (AvgIpc) is 2.35. The van der Waals surface area contributed by atoms with Crippen molar-refractivity contribution in [1.29, 1.82) is 0 Å². The van der Waals surface area contributed by atoms with E-state index in [1.54, 1.807) is 30.3 Å². The Hall–Kier alpha value is -1.16. The van der Waals surface area contributed by atoms with E-state index in [0.717, 1.165) is 19.3 Å². The van der Waals surface area contributed by atoms with Crippen LogP contribution in [0.1, 0.15) is 39.0 Å². The van der Waals surface area contributed by atoms with Gasteiger partial charge in [-0.2, -0.15) is 12.8 Å².